The molecule has 0 fully saturated rings. The number of ether oxygens (including phenoxy) is 1. The first-order valence-electron chi connectivity index (χ1n) is 11.4. The zero-order valence-electron chi connectivity index (χ0n) is 19.8. The molecule has 0 spiro atoms. The number of aryl methyl sites for hydroxylation is 1. The number of aliphatic carboxylic acids is 1. The lowest BCUT2D eigenvalue weighted by molar-refractivity contribution is -0.142. The Morgan fingerprint density at radius 3 is 2.23 bits per heavy atom. The van der Waals surface area contributed by atoms with Gasteiger partial charge in [0, 0.05) is 19.5 Å². The smallest absolute Gasteiger partial charge is 0.412 e. The zero-order valence-corrected chi connectivity index (χ0v) is 19.8. The van der Waals surface area contributed by atoms with Crippen molar-refractivity contribution in [1.82, 2.24) is 15.1 Å². The molecule has 2 amide bonds. The molecule has 1 unspecified atom stereocenters. The Balaban J connectivity index is 1.42. The van der Waals surface area contributed by atoms with Gasteiger partial charge in [0.05, 0.1) is 12.1 Å². The summed E-state index contributed by atoms with van der Waals surface area (Å²) in [6, 6.07) is 16.1. The van der Waals surface area contributed by atoms with Crippen LogP contribution in [-0.4, -0.2) is 46.0 Å². The highest BCUT2D eigenvalue weighted by atomic mass is 16.5. The van der Waals surface area contributed by atoms with E-state index < -0.39 is 23.9 Å². The molecule has 1 heterocycles. The molecule has 2 aromatic carbocycles. The predicted octanol–water partition coefficient (Wildman–Crippen LogP) is 3.87. The van der Waals surface area contributed by atoms with Crippen molar-refractivity contribution < 1.29 is 24.2 Å². The van der Waals surface area contributed by atoms with Crippen molar-refractivity contribution in [3.63, 3.8) is 0 Å². The maximum absolute atomic E-state index is 12.7. The summed E-state index contributed by atoms with van der Waals surface area (Å²) in [5.41, 5.74) is 4.57. The molecule has 182 valence electrons. The summed E-state index contributed by atoms with van der Waals surface area (Å²) in [6.07, 6.45) is 0.606. The Hall–Kier alpha value is -4.14. The number of carbonyl (C=O) groups is 3. The van der Waals surface area contributed by atoms with Crippen LogP contribution < -0.4 is 10.6 Å². The quantitative estimate of drug-likeness (QED) is 0.454. The second-order valence-electron chi connectivity index (χ2n) is 8.88. The van der Waals surface area contributed by atoms with Crippen molar-refractivity contribution in [2.24, 2.45) is 18.9 Å². The van der Waals surface area contributed by atoms with Crippen LogP contribution in [0.1, 0.15) is 41.3 Å². The van der Waals surface area contributed by atoms with Gasteiger partial charge in [-0.05, 0) is 28.2 Å². The zero-order chi connectivity index (χ0) is 25.1. The third kappa shape index (κ3) is 4.89. The van der Waals surface area contributed by atoms with Crippen LogP contribution >= 0.6 is 0 Å². The van der Waals surface area contributed by atoms with Gasteiger partial charge in [-0.3, -0.25) is 19.6 Å². The number of fused-ring (bicyclic) bond motifs is 3. The van der Waals surface area contributed by atoms with Crippen LogP contribution in [0.4, 0.5) is 10.6 Å². The maximum atomic E-state index is 12.7. The van der Waals surface area contributed by atoms with E-state index >= 15 is 0 Å². The lowest BCUT2D eigenvalue weighted by atomic mass is 9.96. The SMILES string of the molecule is CC(C)C(CNC(=O)c1cnn(C)c1NC(=O)OCC1c2ccccc2-c2ccccc21)C(=O)O. The second-order valence-corrected chi connectivity index (χ2v) is 8.88. The van der Waals surface area contributed by atoms with E-state index in [1.165, 1.54) is 10.9 Å². The largest absolute Gasteiger partial charge is 0.481 e. The van der Waals surface area contributed by atoms with Gasteiger partial charge in [0.2, 0.25) is 0 Å². The minimum absolute atomic E-state index is 0.0366. The third-order valence-electron chi connectivity index (χ3n) is 6.35. The van der Waals surface area contributed by atoms with Crippen LogP contribution in [0.25, 0.3) is 11.1 Å². The van der Waals surface area contributed by atoms with E-state index in [0.717, 1.165) is 22.3 Å². The Kier molecular flexibility index (Phi) is 6.86. The number of nitrogens with zero attached hydrogens (tertiary/aromatic N) is 2. The van der Waals surface area contributed by atoms with E-state index in [-0.39, 0.29) is 36.4 Å². The first-order valence-corrected chi connectivity index (χ1v) is 11.4. The van der Waals surface area contributed by atoms with Crippen LogP contribution in [0.15, 0.2) is 54.7 Å². The fourth-order valence-electron chi connectivity index (χ4n) is 4.39. The standard InChI is InChI=1S/C26H28N4O5/c1-15(2)20(25(32)33)12-27-24(31)21-13-28-30(3)23(21)29-26(34)35-14-22-18-10-6-4-8-16(18)17-9-5-7-11-19(17)22/h4-11,13,15,20,22H,12,14H2,1-3H3,(H,27,31)(H,29,34)(H,32,33). The molecule has 1 atom stereocenters. The lowest BCUT2D eigenvalue weighted by Crippen LogP contribution is -2.35. The highest BCUT2D eigenvalue weighted by Crippen LogP contribution is 2.44. The second kappa shape index (κ2) is 10.0. The van der Waals surface area contributed by atoms with Crippen molar-refractivity contribution in [2.45, 2.75) is 19.8 Å². The van der Waals surface area contributed by atoms with Gasteiger partial charge in [-0.1, -0.05) is 62.4 Å². The van der Waals surface area contributed by atoms with Gasteiger partial charge in [-0.2, -0.15) is 5.10 Å². The van der Waals surface area contributed by atoms with Crippen LogP contribution in [0.5, 0.6) is 0 Å². The molecule has 1 aromatic heterocycles. The Bertz CT molecular complexity index is 1220. The van der Waals surface area contributed by atoms with Gasteiger partial charge in [0.25, 0.3) is 5.91 Å². The van der Waals surface area contributed by atoms with Gasteiger partial charge in [0.15, 0.2) is 0 Å². The number of benzene rings is 2. The summed E-state index contributed by atoms with van der Waals surface area (Å²) in [5.74, 6) is -2.32. The van der Waals surface area contributed by atoms with Crippen LogP contribution in [0, 0.1) is 11.8 Å². The Labute approximate surface area is 203 Å². The minimum atomic E-state index is -0.983. The summed E-state index contributed by atoms with van der Waals surface area (Å²) < 4.78 is 6.92. The molecule has 35 heavy (non-hydrogen) atoms. The van der Waals surface area contributed by atoms with E-state index in [2.05, 4.69) is 27.9 Å². The molecule has 0 aliphatic heterocycles. The van der Waals surface area contributed by atoms with Crippen molar-refractivity contribution in [2.75, 3.05) is 18.5 Å². The fourth-order valence-corrected chi connectivity index (χ4v) is 4.39. The summed E-state index contributed by atoms with van der Waals surface area (Å²) in [6.45, 7) is 3.65. The fraction of sp³-hybridized carbons (Fsp3) is 0.308. The number of rotatable bonds is 8. The molecule has 0 saturated carbocycles. The van der Waals surface area contributed by atoms with Crippen LogP contribution in [-0.2, 0) is 16.6 Å². The molecule has 1 aliphatic rings. The van der Waals surface area contributed by atoms with Crippen LogP contribution in [0.2, 0.25) is 0 Å². The highest BCUT2D eigenvalue weighted by molar-refractivity contribution is 6.01. The van der Waals surface area contributed by atoms with Crippen molar-refractivity contribution >= 4 is 23.8 Å². The molecule has 3 N–H and O–H groups in total. The number of hydrogen-bond acceptors (Lipinski definition) is 5. The topological polar surface area (TPSA) is 123 Å². The first-order chi connectivity index (χ1) is 16.8. The number of carboxylic acid groups (broad SMARTS) is 1. The van der Waals surface area contributed by atoms with E-state index in [1.807, 2.05) is 36.4 Å². The number of anilines is 1. The molecule has 4 rings (SSSR count). The normalized spacial score (nSPS) is 13.1. The summed E-state index contributed by atoms with van der Waals surface area (Å²) in [7, 11) is 1.59. The summed E-state index contributed by atoms with van der Waals surface area (Å²) >= 11 is 0. The average Bonchev–Trinajstić information content (AvgIpc) is 3.35. The van der Waals surface area contributed by atoms with Gasteiger partial charge < -0.3 is 15.2 Å². The number of amides is 2. The monoisotopic (exact) mass is 476 g/mol. The first kappa shape index (κ1) is 24.0. The number of nitrogens with one attached hydrogen (secondary N) is 2. The molecule has 3 aromatic rings. The molecule has 0 bridgehead atoms. The average molecular weight is 477 g/mol. The number of aromatic nitrogens is 2. The third-order valence-corrected chi connectivity index (χ3v) is 6.35. The molecule has 9 nitrogen and oxygen atoms in total. The van der Waals surface area contributed by atoms with E-state index in [0.29, 0.717) is 0 Å². The Morgan fingerprint density at radius 1 is 1.06 bits per heavy atom. The van der Waals surface area contributed by atoms with Crippen molar-refractivity contribution in [1.29, 1.82) is 0 Å². The molecule has 0 saturated heterocycles. The van der Waals surface area contributed by atoms with Crippen molar-refractivity contribution in [3.05, 3.63) is 71.4 Å². The Morgan fingerprint density at radius 2 is 1.66 bits per heavy atom. The number of carbonyl (C=O) groups excluding carboxylic acids is 2. The number of hydrogen-bond donors (Lipinski definition) is 3. The molecular formula is C26H28N4O5. The van der Waals surface area contributed by atoms with Gasteiger partial charge in [-0.15, -0.1) is 0 Å². The minimum Gasteiger partial charge on any atom is -0.481 e. The number of carboxylic acids is 1. The molecule has 1 aliphatic carbocycles. The van der Waals surface area contributed by atoms with Gasteiger partial charge >= 0.3 is 12.1 Å². The molecule has 9 heteroatoms. The highest BCUT2D eigenvalue weighted by Gasteiger charge is 2.29. The maximum Gasteiger partial charge on any atom is 0.412 e. The predicted molar refractivity (Wildman–Crippen MR) is 130 cm³/mol. The van der Waals surface area contributed by atoms with Crippen molar-refractivity contribution in [3.8, 4) is 11.1 Å². The van der Waals surface area contributed by atoms with E-state index in [9.17, 15) is 19.5 Å². The summed E-state index contributed by atoms with van der Waals surface area (Å²) in [5, 5.41) is 18.6. The van der Waals surface area contributed by atoms with E-state index in [1.54, 1.807) is 20.9 Å². The van der Waals surface area contributed by atoms with Gasteiger partial charge in [0.1, 0.15) is 18.0 Å². The summed E-state index contributed by atoms with van der Waals surface area (Å²) in [4.78, 5) is 36.8. The molecule has 0 radical (unpaired) electrons. The van der Waals surface area contributed by atoms with E-state index in [4.69, 9.17) is 4.74 Å². The lowest BCUT2D eigenvalue weighted by Gasteiger charge is -2.17. The molecular weight excluding hydrogens is 448 g/mol. The van der Waals surface area contributed by atoms with Gasteiger partial charge in [-0.25, -0.2) is 4.79 Å². The van der Waals surface area contributed by atoms with Crippen LogP contribution in [0.3, 0.4) is 0 Å².